The SMILES string of the molecule is O=C1[C@H]2C3c4ccccc4C([N+](=O)[O-])(c4ccccc43)[C@H]2C(=O)N1c1ccc(Cl)c([N+](=O)[O-])c1. The Hall–Kier alpha value is -4.11. The smallest absolute Gasteiger partial charge is 0.274 e. The molecule has 1 aliphatic heterocycles. The highest BCUT2D eigenvalue weighted by Gasteiger charge is 2.74. The summed E-state index contributed by atoms with van der Waals surface area (Å²) >= 11 is 5.92. The van der Waals surface area contributed by atoms with Crippen molar-refractivity contribution in [1.29, 1.82) is 0 Å². The van der Waals surface area contributed by atoms with Crippen molar-refractivity contribution >= 4 is 34.8 Å². The van der Waals surface area contributed by atoms with Crippen molar-refractivity contribution < 1.29 is 19.4 Å². The summed E-state index contributed by atoms with van der Waals surface area (Å²) in [5.74, 6) is -4.23. The van der Waals surface area contributed by atoms with E-state index in [4.69, 9.17) is 11.6 Å². The van der Waals surface area contributed by atoms with Gasteiger partial charge in [0.05, 0.1) is 16.5 Å². The number of amides is 2. The van der Waals surface area contributed by atoms with Gasteiger partial charge in [-0.3, -0.25) is 29.8 Å². The molecule has 2 bridgehead atoms. The first-order valence-corrected chi connectivity index (χ1v) is 10.8. The van der Waals surface area contributed by atoms with Gasteiger partial charge in [-0.1, -0.05) is 60.1 Å². The van der Waals surface area contributed by atoms with Crippen LogP contribution >= 0.6 is 11.6 Å². The first kappa shape index (κ1) is 20.5. The van der Waals surface area contributed by atoms with E-state index in [0.29, 0.717) is 22.3 Å². The molecule has 1 saturated heterocycles. The summed E-state index contributed by atoms with van der Waals surface area (Å²) in [5, 5.41) is 24.2. The van der Waals surface area contributed by atoms with Gasteiger partial charge in [-0.25, -0.2) is 4.90 Å². The third kappa shape index (κ3) is 2.24. The van der Waals surface area contributed by atoms with E-state index in [-0.39, 0.29) is 10.7 Å². The fourth-order valence-electron chi connectivity index (χ4n) is 6.08. The first-order chi connectivity index (χ1) is 16.3. The standard InChI is InChI=1S/C24H14ClN3O6/c25-17-10-9-12(11-18(17)27(31)32)26-22(29)20-19-13-5-1-3-7-15(13)24(28(33)34,21(20)23(26)30)16-8-4-2-6-14(16)19/h1-11,19-21H/t19?,20-,21+,24?/m0/s1. The Balaban J connectivity index is 1.63. The minimum atomic E-state index is -1.95. The van der Waals surface area contributed by atoms with Crippen LogP contribution in [0, 0.1) is 32.1 Å². The maximum absolute atomic E-state index is 13.8. The van der Waals surface area contributed by atoms with Crippen LogP contribution in [0.4, 0.5) is 11.4 Å². The maximum Gasteiger partial charge on any atom is 0.289 e. The molecule has 0 unspecified atom stereocenters. The van der Waals surface area contributed by atoms with Gasteiger partial charge in [-0.2, -0.15) is 0 Å². The summed E-state index contributed by atoms with van der Waals surface area (Å²) in [7, 11) is 0. The van der Waals surface area contributed by atoms with E-state index >= 15 is 0 Å². The normalized spacial score (nSPS) is 26.1. The van der Waals surface area contributed by atoms with Crippen molar-refractivity contribution in [2.24, 2.45) is 11.8 Å². The highest BCUT2D eigenvalue weighted by Crippen LogP contribution is 2.64. The minimum absolute atomic E-state index is 0.0356. The van der Waals surface area contributed by atoms with E-state index in [1.54, 1.807) is 48.5 Å². The van der Waals surface area contributed by atoms with Crippen LogP contribution in [-0.4, -0.2) is 21.7 Å². The number of anilines is 1. The highest BCUT2D eigenvalue weighted by atomic mass is 35.5. The van der Waals surface area contributed by atoms with E-state index < -0.39 is 50.6 Å². The lowest BCUT2D eigenvalue weighted by Crippen LogP contribution is -2.57. The molecule has 1 fully saturated rings. The van der Waals surface area contributed by atoms with Crippen molar-refractivity contribution in [3.63, 3.8) is 0 Å². The number of rotatable bonds is 3. The molecule has 0 radical (unpaired) electrons. The van der Waals surface area contributed by atoms with Crippen molar-refractivity contribution in [3.05, 3.63) is 114 Å². The van der Waals surface area contributed by atoms with Gasteiger partial charge in [-0.05, 0) is 23.3 Å². The molecule has 0 aromatic heterocycles. The highest BCUT2D eigenvalue weighted by molar-refractivity contribution is 6.33. The van der Waals surface area contributed by atoms with Crippen molar-refractivity contribution in [2.45, 2.75) is 11.5 Å². The van der Waals surface area contributed by atoms with Gasteiger partial charge in [0, 0.05) is 28.0 Å². The molecule has 4 aliphatic rings. The molecule has 10 heteroatoms. The van der Waals surface area contributed by atoms with Gasteiger partial charge in [-0.15, -0.1) is 0 Å². The lowest BCUT2D eigenvalue weighted by Gasteiger charge is -2.48. The van der Waals surface area contributed by atoms with Crippen molar-refractivity contribution in [3.8, 4) is 0 Å². The lowest BCUT2D eigenvalue weighted by molar-refractivity contribution is -0.578. The van der Waals surface area contributed by atoms with E-state index in [1.807, 2.05) is 0 Å². The number of halogens is 1. The summed E-state index contributed by atoms with van der Waals surface area (Å²) in [6, 6.07) is 17.3. The molecule has 168 valence electrons. The molecule has 3 aromatic carbocycles. The molecule has 3 aromatic rings. The van der Waals surface area contributed by atoms with Gasteiger partial charge >= 0.3 is 0 Å². The Labute approximate surface area is 196 Å². The summed E-state index contributed by atoms with van der Waals surface area (Å²) in [4.78, 5) is 51.6. The fourth-order valence-corrected chi connectivity index (χ4v) is 6.26. The molecular weight excluding hydrogens is 462 g/mol. The second kappa shape index (κ2) is 6.71. The summed E-state index contributed by atoms with van der Waals surface area (Å²) < 4.78 is 0. The van der Waals surface area contributed by atoms with Crippen LogP contribution in [0.1, 0.15) is 28.2 Å². The third-order valence-corrected chi connectivity index (χ3v) is 7.57. The summed E-state index contributed by atoms with van der Waals surface area (Å²) in [6.45, 7) is 0. The van der Waals surface area contributed by atoms with Gasteiger partial charge in [0.25, 0.3) is 11.2 Å². The molecular formula is C24H14ClN3O6. The van der Waals surface area contributed by atoms with Gasteiger partial charge in [0.15, 0.2) is 0 Å². The molecule has 7 rings (SSSR count). The number of nitro groups is 2. The number of imide groups is 1. The molecule has 34 heavy (non-hydrogen) atoms. The Morgan fingerprint density at radius 1 is 0.853 bits per heavy atom. The second-order valence-electron chi connectivity index (χ2n) is 8.58. The number of benzene rings is 3. The molecule has 3 aliphatic carbocycles. The molecule has 2 atom stereocenters. The zero-order valence-corrected chi connectivity index (χ0v) is 18.0. The number of hydrogen-bond acceptors (Lipinski definition) is 6. The van der Waals surface area contributed by atoms with Crippen LogP contribution in [0.3, 0.4) is 0 Å². The quantitative estimate of drug-likeness (QED) is 0.320. The van der Waals surface area contributed by atoms with Crippen LogP contribution in [0.15, 0.2) is 66.7 Å². The van der Waals surface area contributed by atoms with Crippen LogP contribution in [0.5, 0.6) is 0 Å². The minimum Gasteiger partial charge on any atom is -0.274 e. The van der Waals surface area contributed by atoms with Crippen LogP contribution in [-0.2, 0) is 15.1 Å². The van der Waals surface area contributed by atoms with Crippen LogP contribution in [0.25, 0.3) is 0 Å². The molecule has 9 nitrogen and oxygen atoms in total. The molecule has 2 amide bonds. The Bertz CT molecular complexity index is 1420. The van der Waals surface area contributed by atoms with E-state index in [1.165, 1.54) is 12.1 Å². The number of carbonyl (C=O) groups is 2. The topological polar surface area (TPSA) is 124 Å². The Morgan fingerprint density at radius 3 is 2.00 bits per heavy atom. The van der Waals surface area contributed by atoms with Gasteiger partial charge < -0.3 is 0 Å². The van der Waals surface area contributed by atoms with E-state index in [0.717, 1.165) is 11.0 Å². The fraction of sp³-hybridized carbons (Fsp3) is 0.167. The van der Waals surface area contributed by atoms with Gasteiger partial charge in [0.2, 0.25) is 11.8 Å². The van der Waals surface area contributed by atoms with Gasteiger partial charge in [0.1, 0.15) is 10.9 Å². The zero-order valence-electron chi connectivity index (χ0n) is 17.3. The Morgan fingerprint density at radius 2 is 1.44 bits per heavy atom. The second-order valence-corrected chi connectivity index (χ2v) is 8.99. The zero-order chi connectivity index (χ0) is 23.9. The molecule has 0 N–H and O–H groups in total. The molecule has 0 spiro atoms. The maximum atomic E-state index is 13.8. The first-order valence-electron chi connectivity index (χ1n) is 10.4. The molecule has 0 saturated carbocycles. The third-order valence-electron chi connectivity index (χ3n) is 7.25. The van der Waals surface area contributed by atoms with Crippen molar-refractivity contribution in [2.75, 3.05) is 4.90 Å². The predicted octanol–water partition coefficient (Wildman–Crippen LogP) is 4.03. The number of nitrogens with zero attached hydrogens (tertiary/aromatic N) is 3. The van der Waals surface area contributed by atoms with Crippen LogP contribution < -0.4 is 4.90 Å². The number of hydrogen-bond donors (Lipinski definition) is 0. The van der Waals surface area contributed by atoms with Crippen LogP contribution in [0.2, 0.25) is 5.02 Å². The summed E-state index contributed by atoms with van der Waals surface area (Å²) in [5.41, 5.74) is -0.370. The number of nitro benzene ring substituents is 1. The average Bonchev–Trinajstić information content (AvgIpc) is 3.10. The average molecular weight is 476 g/mol. The number of carbonyl (C=O) groups excluding carboxylic acids is 2. The summed E-state index contributed by atoms with van der Waals surface area (Å²) in [6.07, 6.45) is 0. The van der Waals surface area contributed by atoms with Crippen molar-refractivity contribution in [1.82, 2.24) is 0 Å². The Kier molecular flexibility index (Phi) is 4.04. The largest absolute Gasteiger partial charge is 0.289 e. The van der Waals surface area contributed by atoms with E-state index in [2.05, 4.69) is 0 Å². The predicted molar refractivity (Wildman–Crippen MR) is 120 cm³/mol. The van der Waals surface area contributed by atoms with E-state index in [9.17, 15) is 29.8 Å². The molecule has 1 heterocycles. The lowest BCUT2D eigenvalue weighted by atomic mass is 9.51. The monoisotopic (exact) mass is 475 g/mol.